The van der Waals surface area contributed by atoms with Crippen LogP contribution in [0.1, 0.15) is 49.9 Å². The number of thiophene rings is 4. The molecular formula is C132H82N8OS4. The zero-order valence-electron chi connectivity index (χ0n) is 79.0. The van der Waals surface area contributed by atoms with E-state index < -0.39 is 0 Å². The van der Waals surface area contributed by atoms with E-state index in [1.165, 1.54) is 163 Å². The zero-order chi connectivity index (χ0) is 95.8. The summed E-state index contributed by atoms with van der Waals surface area (Å²) in [6, 6.07) is 152. The highest BCUT2D eigenvalue weighted by Crippen LogP contribution is 2.58. The van der Waals surface area contributed by atoms with Crippen LogP contribution in [0.4, 0.5) is 0 Å². The van der Waals surface area contributed by atoms with E-state index in [0.717, 1.165) is 133 Å². The van der Waals surface area contributed by atoms with E-state index >= 15 is 0 Å². The molecule has 0 saturated carbocycles. The van der Waals surface area contributed by atoms with Crippen molar-refractivity contribution in [3.05, 3.63) is 447 Å². The van der Waals surface area contributed by atoms with Gasteiger partial charge in [-0.3, -0.25) is 4.57 Å². The lowest BCUT2D eigenvalue weighted by atomic mass is 9.82. The van der Waals surface area contributed by atoms with Crippen LogP contribution in [0.3, 0.4) is 0 Å². The Hall–Kier alpha value is -17.3. The van der Waals surface area contributed by atoms with Gasteiger partial charge in [0.2, 0.25) is 5.95 Å². The number of rotatable bonds is 8. The molecule has 0 N–H and O–H groups in total. The zero-order valence-corrected chi connectivity index (χ0v) is 82.3. The maximum Gasteiger partial charge on any atom is 0.235 e. The summed E-state index contributed by atoms with van der Waals surface area (Å²) in [7, 11) is 0. The second-order valence-electron chi connectivity index (χ2n) is 39.3. The summed E-state index contributed by atoms with van der Waals surface area (Å²) in [6.45, 7) is 9.32. The fourth-order valence-electron chi connectivity index (χ4n) is 23.7. The van der Waals surface area contributed by atoms with E-state index in [1.807, 2.05) is 51.4 Å². The third kappa shape index (κ3) is 12.8. The van der Waals surface area contributed by atoms with Crippen molar-refractivity contribution in [3.63, 3.8) is 0 Å². The number of para-hydroxylation sites is 4. The van der Waals surface area contributed by atoms with Gasteiger partial charge in [0.1, 0.15) is 11.2 Å². The summed E-state index contributed by atoms with van der Waals surface area (Å²) >= 11 is 7.38. The van der Waals surface area contributed by atoms with Crippen LogP contribution < -0.4 is 0 Å². The minimum atomic E-state index is -0.150. The lowest BCUT2D eigenvalue weighted by Crippen LogP contribution is -2.14. The molecule has 0 atom stereocenters. The van der Waals surface area contributed by atoms with Crippen molar-refractivity contribution in [3.8, 4) is 102 Å². The molecule has 9 nitrogen and oxygen atoms in total. The van der Waals surface area contributed by atoms with E-state index in [9.17, 15) is 0 Å². The van der Waals surface area contributed by atoms with Crippen molar-refractivity contribution < 1.29 is 4.42 Å². The molecule has 0 spiro atoms. The van der Waals surface area contributed by atoms with E-state index in [-0.39, 0.29) is 10.8 Å². The van der Waals surface area contributed by atoms with Crippen molar-refractivity contribution >= 4 is 224 Å². The second kappa shape index (κ2) is 32.1. The van der Waals surface area contributed by atoms with Gasteiger partial charge >= 0.3 is 0 Å². The standard InChI is InChI=1S/C50H30N4S.C41H26N2OS.C41H26N2S2/c1-3-13-31(14-4-1)48-47-41(27-26-39-38-19-9-12-22-46(38)55-49(39)47)51-50(52-48)54-43-21-11-7-17-35(43)37-25-23-33(30-45(37)54)32-24-28-44-40(29-32)36-18-8-10-20-42(36)53(44)34-15-5-2-6-16-34;2*1-41(2)30-19-16-24(22-29(30)35-31(41)20-17-27-25-12-6-8-14-33(25)44-38(27)35)40-42-32-21-18-28-26-13-7-9-15-34(26)45-39(28)36(32)37(43-40)23-10-4-3-5-11-23/h1-30H;2*3-22H,1-2H3. The average Bonchev–Trinajstić information content (AvgIpc) is 1.56. The largest absolute Gasteiger partial charge is 0.455 e. The molecule has 10 aromatic heterocycles. The number of fused-ring (bicyclic) bond motifs is 35. The lowest BCUT2D eigenvalue weighted by Gasteiger charge is -2.21. The van der Waals surface area contributed by atoms with Crippen LogP contribution in [0.2, 0.25) is 0 Å². The molecule has 30 aromatic rings. The monoisotopic (exact) mass is 1920 g/mol. The van der Waals surface area contributed by atoms with Gasteiger partial charge in [-0.05, 0) is 148 Å². The summed E-state index contributed by atoms with van der Waals surface area (Å²) in [5.74, 6) is 2.16. The Morgan fingerprint density at radius 1 is 0.228 bits per heavy atom. The molecule has 0 bridgehead atoms. The molecule has 0 radical (unpaired) electrons. The summed E-state index contributed by atoms with van der Waals surface area (Å²) < 4.78 is 21.4. The quantitative estimate of drug-likeness (QED) is 0.149. The summed E-state index contributed by atoms with van der Waals surface area (Å²) in [4.78, 5) is 32.1. The summed E-state index contributed by atoms with van der Waals surface area (Å²) in [5.41, 5.74) is 31.1. The molecule has 13 heteroatoms. The molecule has 32 rings (SSSR count). The maximum absolute atomic E-state index is 6.56. The van der Waals surface area contributed by atoms with E-state index in [4.69, 9.17) is 34.3 Å². The van der Waals surface area contributed by atoms with E-state index in [0.29, 0.717) is 5.95 Å². The highest BCUT2D eigenvalue weighted by atomic mass is 32.1. The van der Waals surface area contributed by atoms with Crippen molar-refractivity contribution in [2.45, 2.75) is 38.5 Å². The maximum atomic E-state index is 6.56. The molecule has 145 heavy (non-hydrogen) atoms. The van der Waals surface area contributed by atoms with Crippen molar-refractivity contribution in [1.29, 1.82) is 0 Å². The molecule has 0 fully saturated rings. The van der Waals surface area contributed by atoms with Crippen LogP contribution in [0.25, 0.3) is 281 Å². The first kappa shape index (κ1) is 83.5. The minimum Gasteiger partial charge on any atom is -0.455 e. The van der Waals surface area contributed by atoms with E-state index in [2.05, 4.69) is 455 Å². The smallest absolute Gasteiger partial charge is 0.235 e. The van der Waals surface area contributed by atoms with Gasteiger partial charge in [0.15, 0.2) is 11.6 Å². The molecule has 2 aliphatic rings. The molecule has 0 unspecified atom stereocenters. The minimum absolute atomic E-state index is 0.0835. The summed E-state index contributed by atoms with van der Waals surface area (Å²) in [5, 5.41) is 20.7. The topological polar surface area (TPSA) is 100 Å². The third-order valence-electron chi connectivity index (χ3n) is 30.5. The van der Waals surface area contributed by atoms with Gasteiger partial charge in [0.25, 0.3) is 0 Å². The fraction of sp³-hybridized carbons (Fsp3) is 0.0455. The van der Waals surface area contributed by atoms with Crippen molar-refractivity contribution in [2.75, 3.05) is 0 Å². The number of hydrogen-bond acceptors (Lipinski definition) is 11. The van der Waals surface area contributed by atoms with Gasteiger partial charge in [-0.15, -0.1) is 45.3 Å². The molecule has 680 valence electrons. The van der Waals surface area contributed by atoms with E-state index in [1.54, 1.807) is 0 Å². The Kier molecular flexibility index (Phi) is 18.5. The van der Waals surface area contributed by atoms with Crippen LogP contribution in [0.5, 0.6) is 0 Å². The molecule has 10 heterocycles. The molecule has 0 saturated heterocycles. The van der Waals surface area contributed by atoms with Crippen LogP contribution in [0, 0.1) is 0 Å². The first-order valence-corrected chi connectivity index (χ1v) is 52.5. The number of furan rings is 1. The van der Waals surface area contributed by atoms with Crippen LogP contribution in [-0.2, 0) is 10.8 Å². The number of benzene rings is 20. The van der Waals surface area contributed by atoms with Gasteiger partial charge in [0.05, 0.1) is 55.7 Å². The molecule has 2 aliphatic carbocycles. The Labute approximate surface area is 847 Å². The molecule has 20 aromatic carbocycles. The Balaban J connectivity index is 0.000000102. The molecule has 0 aliphatic heterocycles. The van der Waals surface area contributed by atoms with Crippen LogP contribution in [-0.4, -0.2) is 39.0 Å². The van der Waals surface area contributed by atoms with Crippen LogP contribution in [0.15, 0.2) is 429 Å². The SMILES string of the molecule is CC1(C)c2ccc(-c3nc(-c4ccccc4)c4c(ccc5c6ccccc6sc54)n3)cc2-c2c1ccc1c2oc2ccccc21.CC1(C)c2ccc(-c3nc(-c4ccccc4)c4c(ccc5c6ccccc6sc54)n3)cc2-c2c1ccc1c2sc2ccccc21.c1ccc(-c2nc(-n3c4ccccc4c4ccc(-c5ccc6c(c5)c5ccccc5n6-c5ccccc5)cc43)nc3ccc4c5ccccc5sc4c23)cc1. The van der Waals surface area contributed by atoms with Gasteiger partial charge < -0.3 is 8.98 Å². The third-order valence-corrected chi connectivity index (χ3v) is 35.3. The average molecular weight is 1920 g/mol. The summed E-state index contributed by atoms with van der Waals surface area (Å²) in [6.07, 6.45) is 0. The van der Waals surface area contributed by atoms with Gasteiger partial charge in [-0.25, -0.2) is 29.9 Å². The first-order chi connectivity index (χ1) is 71.4. The highest BCUT2D eigenvalue weighted by Gasteiger charge is 2.41. The first-order valence-electron chi connectivity index (χ1n) is 49.3. The van der Waals surface area contributed by atoms with Crippen molar-refractivity contribution in [2.24, 2.45) is 0 Å². The normalized spacial score (nSPS) is 13.1. The van der Waals surface area contributed by atoms with Gasteiger partial charge in [-0.2, -0.15) is 0 Å². The predicted molar refractivity (Wildman–Crippen MR) is 614 cm³/mol. The van der Waals surface area contributed by atoms with Gasteiger partial charge in [0, 0.05) is 185 Å². The highest BCUT2D eigenvalue weighted by molar-refractivity contribution is 7.28. The van der Waals surface area contributed by atoms with Crippen molar-refractivity contribution in [1.82, 2.24) is 39.0 Å². The Morgan fingerprint density at radius 3 is 1.11 bits per heavy atom. The lowest BCUT2D eigenvalue weighted by molar-refractivity contribution is 0.653. The second-order valence-corrected chi connectivity index (χ2v) is 43.5. The fourth-order valence-corrected chi connectivity index (χ4v) is 28.7. The Bertz CT molecular complexity index is 10400. The molecule has 0 amide bonds. The number of aromatic nitrogens is 8. The van der Waals surface area contributed by atoms with Gasteiger partial charge in [-0.1, -0.05) is 349 Å². The number of hydrogen-bond donors (Lipinski definition) is 0. The Morgan fingerprint density at radius 2 is 0.586 bits per heavy atom. The van der Waals surface area contributed by atoms with Crippen LogP contribution >= 0.6 is 45.3 Å². The molecular weight excluding hydrogens is 1840 g/mol. The number of nitrogens with zero attached hydrogens (tertiary/aromatic N) is 8. The predicted octanol–water partition coefficient (Wildman–Crippen LogP) is 37.1.